The Morgan fingerprint density at radius 3 is 2.46 bits per heavy atom. The van der Waals surface area contributed by atoms with E-state index in [1.165, 1.54) is 6.92 Å². The molecule has 0 unspecified atom stereocenters. The zero-order valence-electron chi connectivity index (χ0n) is 7.36. The lowest BCUT2D eigenvalue weighted by molar-refractivity contribution is -0.142. The van der Waals surface area contributed by atoms with Gasteiger partial charge in [0.05, 0.1) is 6.04 Å². The zero-order valence-corrected chi connectivity index (χ0v) is 8.25. The number of aliphatic carboxylic acids is 1. The van der Waals surface area contributed by atoms with Crippen molar-refractivity contribution in [2.24, 2.45) is 5.73 Å². The second-order valence-corrected chi connectivity index (χ2v) is 3.15. The lowest BCUT2D eigenvalue weighted by Crippen LogP contribution is -2.47. The molecule has 0 saturated heterocycles. The summed E-state index contributed by atoms with van der Waals surface area (Å²) in [5.41, 5.74) is 5.26. The first-order chi connectivity index (χ1) is 5.99. The van der Waals surface area contributed by atoms with Crippen LogP contribution in [-0.2, 0) is 9.59 Å². The van der Waals surface area contributed by atoms with E-state index in [4.69, 9.17) is 10.8 Å². The van der Waals surface area contributed by atoms with Crippen LogP contribution in [0.5, 0.6) is 0 Å². The molecular weight excluding hydrogens is 192 g/mol. The standard InChI is InChI=1S/C7H14N2O3S/c1-4(8)6(10)9-5(2-3-13)7(11)12/h4-5,13H,2-3,8H2,1H3,(H,9,10)(H,11,12)/t4-,5-/m1/s1. The van der Waals surface area contributed by atoms with Crippen LogP contribution in [0.15, 0.2) is 0 Å². The first kappa shape index (κ1) is 12.2. The van der Waals surface area contributed by atoms with Crippen molar-refractivity contribution in [2.75, 3.05) is 5.75 Å². The van der Waals surface area contributed by atoms with Crippen molar-refractivity contribution in [3.05, 3.63) is 0 Å². The molecule has 0 spiro atoms. The van der Waals surface area contributed by atoms with Crippen molar-refractivity contribution < 1.29 is 14.7 Å². The highest BCUT2D eigenvalue weighted by Gasteiger charge is 2.20. The Kier molecular flexibility index (Phi) is 5.48. The molecule has 2 atom stereocenters. The normalized spacial score (nSPS) is 14.7. The van der Waals surface area contributed by atoms with Gasteiger partial charge < -0.3 is 16.2 Å². The minimum Gasteiger partial charge on any atom is -0.480 e. The summed E-state index contributed by atoms with van der Waals surface area (Å²) in [5.74, 6) is -1.13. The molecule has 0 fully saturated rings. The van der Waals surface area contributed by atoms with E-state index in [1.54, 1.807) is 0 Å². The van der Waals surface area contributed by atoms with Crippen LogP contribution < -0.4 is 11.1 Å². The van der Waals surface area contributed by atoms with Gasteiger partial charge in [-0.1, -0.05) is 0 Å². The molecule has 0 aliphatic heterocycles. The minimum atomic E-state index is -1.07. The molecule has 13 heavy (non-hydrogen) atoms. The number of hydrogen-bond donors (Lipinski definition) is 4. The summed E-state index contributed by atoms with van der Waals surface area (Å²) < 4.78 is 0. The molecule has 0 heterocycles. The maximum absolute atomic E-state index is 11.0. The smallest absolute Gasteiger partial charge is 0.326 e. The highest BCUT2D eigenvalue weighted by molar-refractivity contribution is 7.80. The summed E-state index contributed by atoms with van der Waals surface area (Å²) in [4.78, 5) is 21.6. The van der Waals surface area contributed by atoms with Crippen molar-refractivity contribution in [1.82, 2.24) is 5.32 Å². The number of nitrogens with two attached hydrogens (primary N) is 1. The number of rotatable bonds is 5. The largest absolute Gasteiger partial charge is 0.480 e. The average Bonchev–Trinajstić information content (AvgIpc) is 2.03. The fourth-order valence-electron chi connectivity index (χ4n) is 0.690. The number of carboxylic acid groups (broad SMARTS) is 1. The number of amides is 1. The number of nitrogens with one attached hydrogen (secondary N) is 1. The van der Waals surface area contributed by atoms with E-state index in [2.05, 4.69) is 17.9 Å². The van der Waals surface area contributed by atoms with Gasteiger partial charge in [-0.3, -0.25) is 4.79 Å². The van der Waals surface area contributed by atoms with Gasteiger partial charge in [0.15, 0.2) is 0 Å². The Labute approximate surface area is 82.1 Å². The highest BCUT2D eigenvalue weighted by atomic mass is 32.1. The first-order valence-corrected chi connectivity index (χ1v) is 4.52. The molecule has 0 aliphatic carbocycles. The summed E-state index contributed by atoms with van der Waals surface area (Å²) in [6.07, 6.45) is 0.289. The maximum atomic E-state index is 11.0. The summed E-state index contributed by atoms with van der Waals surface area (Å²) >= 11 is 3.88. The summed E-state index contributed by atoms with van der Waals surface area (Å²) in [7, 11) is 0. The first-order valence-electron chi connectivity index (χ1n) is 3.88. The van der Waals surface area contributed by atoms with Crippen molar-refractivity contribution in [1.29, 1.82) is 0 Å². The third kappa shape index (κ3) is 4.74. The Balaban J connectivity index is 4.10. The van der Waals surface area contributed by atoms with E-state index in [0.717, 1.165) is 0 Å². The summed E-state index contributed by atoms with van der Waals surface area (Å²) in [5, 5.41) is 10.9. The van der Waals surface area contributed by atoms with E-state index in [0.29, 0.717) is 5.75 Å². The van der Waals surface area contributed by atoms with E-state index in [1.807, 2.05) is 0 Å². The van der Waals surface area contributed by atoms with Crippen molar-refractivity contribution in [3.8, 4) is 0 Å². The van der Waals surface area contributed by atoms with Gasteiger partial charge in [-0.15, -0.1) is 0 Å². The van der Waals surface area contributed by atoms with Gasteiger partial charge in [0.25, 0.3) is 0 Å². The van der Waals surface area contributed by atoms with Gasteiger partial charge in [-0.2, -0.15) is 12.6 Å². The van der Waals surface area contributed by atoms with Gasteiger partial charge in [0, 0.05) is 0 Å². The molecule has 0 saturated carbocycles. The fraction of sp³-hybridized carbons (Fsp3) is 0.714. The molecule has 76 valence electrons. The predicted octanol–water partition coefficient (Wildman–Crippen LogP) is -0.777. The van der Waals surface area contributed by atoms with E-state index >= 15 is 0 Å². The number of carbonyl (C=O) groups excluding carboxylic acids is 1. The van der Waals surface area contributed by atoms with E-state index in [-0.39, 0.29) is 6.42 Å². The van der Waals surface area contributed by atoms with Crippen LogP contribution in [0.2, 0.25) is 0 Å². The number of thiol groups is 1. The molecule has 0 aromatic rings. The molecule has 6 heteroatoms. The van der Waals surface area contributed by atoms with Crippen molar-refractivity contribution in [3.63, 3.8) is 0 Å². The lowest BCUT2D eigenvalue weighted by atomic mass is 10.2. The molecule has 0 aromatic heterocycles. The Bertz CT molecular complexity index is 196. The third-order valence-corrected chi connectivity index (χ3v) is 1.70. The van der Waals surface area contributed by atoms with Gasteiger partial charge in [-0.25, -0.2) is 4.79 Å². The molecular formula is C7H14N2O3S. The fourth-order valence-corrected chi connectivity index (χ4v) is 0.948. The lowest BCUT2D eigenvalue weighted by Gasteiger charge is -2.14. The van der Waals surface area contributed by atoms with Gasteiger partial charge in [-0.05, 0) is 19.1 Å². The summed E-state index contributed by atoms with van der Waals surface area (Å²) in [6.45, 7) is 1.49. The zero-order chi connectivity index (χ0) is 10.4. The van der Waals surface area contributed by atoms with Crippen LogP contribution in [0, 0.1) is 0 Å². The topological polar surface area (TPSA) is 92.4 Å². The minimum absolute atomic E-state index is 0.289. The molecule has 0 radical (unpaired) electrons. The number of carbonyl (C=O) groups is 2. The third-order valence-electron chi connectivity index (χ3n) is 1.45. The SMILES string of the molecule is C[C@@H](N)C(=O)N[C@H](CCS)C(=O)O. The van der Waals surface area contributed by atoms with Gasteiger partial charge >= 0.3 is 5.97 Å². The quantitative estimate of drug-likeness (QED) is 0.444. The highest BCUT2D eigenvalue weighted by Crippen LogP contribution is 1.95. The van der Waals surface area contributed by atoms with Crippen LogP contribution >= 0.6 is 12.6 Å². The van der Waals surface area contributed by atoms with Crippen molar-refractivity contribution >= 4 is 24.5 Å². The Morgan fingerprint density at radius 2 is 2.15 bits per heavy atom. The van der Waals surface area contributed by atoms with Gasteiger partial charge in [0.1, 0.15) is 6.04 Å². The van der Waals surface area contributed by atoms with Crippen molar-refractivity contribution in [2.45, 2.75) is 25.4 Å². The molecule has 0 rings (SSSR count). The van der Waals surface area contributed by atoms with Crippen LogP contribution in [0.1, 0.15) is 13.3 Å². The number of carboxylic acids is 1. The molecule has 1 amide bonds. The second kappa shape index (κ2) is 5.82. The molecule has 5 nitrogen and oxygen atoms in total. The summed E-state index contributed by atoms with van der Waals surface area (Å²) in [6, 6.07) is -1.59. The Hall–Kier alpha value is -0.750. The van der Waals surface area contributed by atoms with Crippen LogP contribution in [-0.4, -0.2) is 34.8 Å². The molecule has 0 bridgehead atoms. The average molecular weight is 206 g/mol. The van der Waals surface area contributed by atoms with Crippen LogP contribution in [0.25, 0.3) is 0 Å². The molecule has 0 aromatic carbocycles. The van der Waals surface area contributed by atoms with Crippen LogP contribution in [0.4, 0.5) is 0 Å². The van der Waals surface area contributed by atoms with Crippen LogP contribution in [0.3, 0.4) is 0 Å². The van der Waals surface area contributed by atoms with E-state index in [9.17, 15) is 9.59 Å². The monoisotopic (exact) mass is 206 g/mol. The molecule has 4 N–H and O–H groups in total. The Morgan fingerprint density at radius 1 is 1.62 bits per heavy atom. The molecule has 0 aliphatic rings. The second-order valence-electron chi connectivity index (χ2n) is 2.70. The van der Waals surface area contributed by atoms with E-state index < -0.39 is 24.0 Å². The number of hydrogen-bond acceptors (Lipinski definition) is 4. The maximum Gasteiger partial charge on any atom is 0.326 e. The predicted molar refractivity (Wildman–Crippen MR) is 51.7 cm³/mol. The van der Waals surface area contributed by atoms with Gasteiger partial charge in [0.2, 0.25) is 5.91 Å².